The summed E-state index contributed by atoms with van der Waals surface area (Å²) in [6.07, 6.45) is 2.68. The van der Waals surface area contributed by atoms with E-state index < -0.39 is 17.5 Å². The van der Waals surface area contributed by atoms with Gasteiger partial charge in [0.1, 0.15) is 0 Å². The lowest BCUT2D eigenvalue weighted by molar-refractivity contribution is -0.120. The highest BCUT2D eigenvalue weighted by atomic mass is 19.2. The number of benzene rings is 1. The molecule has 2 fully saturated rings. The molecule has 2 saturated heterocycles. The van der Waals surface area contributed by atoms with Gasteiger partial charge in [-0.2, -0.15) is 0 Å². The van der Waals surface area contributed by atoms with E-state index in [0.717, 1.165) is 25.0 Å². The second-order valence-electron chi connectivity index (χ2n) is 5.10. The van der Waals surface area contributed by atoms with E-state index in [1.807, 2.05) is 0 Å². The molecule has 0 radical (unpaired) electrons. The number of halogens is 3. The van der Waals surface area contributed by atoms with Gasteiger partial charge in [0, 0.05) is 12.1 Å². The summed E-state index contributed by atoms with van der Waals surface area (Å²) in [6, 6.07) is 2.29. The van der Waals surface area contributed by atoms with E-state index in [-0.39, 0.29) is 23.6 Å². The smallest absolute Gasteiger partial charge is 0.229 e. The summed E-state index contributed by atoms with van der Waals surface area (Å²) in [4.78, 5) is 12.0. The molecule has 1 aromatic carbocycles. The molecule has 0 aromatic heterocycles. The fourth-order valence-corrected chi connectivity index (χ4v) is 2.96. The zero-order valence-electron chi connectivity index (χ0n) is 10.1. The lowest BCUT2D eigenvalue weighted by atomic mass is 9.88. The van der Waals surface area contributed by atoms with Gasteiger partial charge in [-0.1, -0.05) is 0 Å². The Bertz CT molecular complexity index is 535. The summed E-state index contributed by atoms with van der Waals surface area (Å²) >= 11 is 0. The molecule has 3 nitrogen and oxygen atoms in total. The minimum atomic E-state index is -1.57. The van der Waals surface area contributed by atoms with Crippen molar-refractivity contribution >= 4 is 11.6 Å². The third kappa shape index (κ3) is 2.10. The zero-order valence-corrected chi connectivity index (χ0v) is 10.1. The third-order valence-electron chi connectivity index (χ3n) is 3.93. The Balaban J connectivity index is 1.75. The first kappa shape index (κ1) is 12.5. The molecular weight excluding hydrogens is 257 g/mol. The van der Waals surface area contributed by atoms with Gasteiger partial charge >= 0.3 is 0 Å². The highest BCUT2D eigenvalue weighted by Crippen LogP contribution is 2.34. The van der Waals surface area contributed by atoms with Crippen molar-refractivity contribution in [2.75, 3.05) is 5.32 Å². The third-order valence-corrected chi connectivity index (χ3v) is 3.93. The maximum Gasteiger partial charge on any atom is 0.229 e. The highest BCUT2D eigenvalue weighted by molar-refractivity contribution is 5.93. The number of carbonyl (C=O) groups excluding carboxylic acids is 1. The van der Waals surface area contributed by atoms with Crippen LogP contribution in [-0.2, 0) is 4.79 Å². The van der Waals surface area contributed by atoms with Crippen molar-refractivity contribution in [1.29, 1.82) is 0 Å². The standard InChI is InChI=1S/C13H13F3N2O/c14-8-2-4-10(12(16)11(8)15)18-13(19)7-5-6-1-3-9(7)17-6/h2,4,6-7,9,17H,1,3,5H2,(H,18,19). The van der Waals surface area contributed by atoms with Gasteiger partial charge < -0.3 is 10.6 Å². The van der Waals surface area contributed by atoms with Crippen LogP contribution in [0.25, 0.3) is 0 Å². The van der Waals surface area contributed by atoms with Crippen LogP contribution < -0.4 is 10.6 Å². The quantitative estimate of drug-likeness (QED) is 0.809. The summed E-state index contributed by atoms with van der Waals surface area (Å²) in [6.45, 7) is 0. The van der Waals surface area contributed by atoms with Gasteiger partial charge in [-0.15, -0.1) is 0 Å². The zero-order chi connectivity index (χ0) is 13.6. The molecule has 2 bridgehead atoms. The molecule has 2 N–H and O–H groups in total. The number of nitrogens with one attached hydrogen (secondary N) is 2. The molecule has 1 aromatic rings. The number of hydrogen-bond donors (Lipinski definition) is 2. The Labute approximate surface area is 108 Å². The first-order chi connectivity index (χ1) is 9.06. The van der Waals surface area contributed by atoms with Crippen LogP contribution in [0, 0.1) is 23.4 Å². The lowest BCUT2D eigenvalue weighted by Gasteiger charge is -2.19. The second-order valence-corrected chi connectivity index (χ2v) is 5.10. The van der Waals surface area contributed by atoms with Crippen LogP contribution in [-0.4, -0.2) is 18.0 Å². The number of carbonyl (C=O) groups is 1. The molecule has 2 aliphatic heterocycles. The molecule has 0 aliphatic carbocycles. The van der Waals surface area contributed by atoms with E-state index in [1.165, 1.54) is 0 Å². The Hall–Kier alpha value is -1.56. The maximum atomic E-state index is 13.5. The summed E-state index contributed by atoms with van der Waals surface area (Å²) in [5, 5.41) is 5.64. The Kier molecular flexibility index (Phi) is 2.97. The van der Waals surface area contributed by atoms with Crippen LogP contribution in [0.2, 0.25) is 0 Å². The predicted octanol–water partition coefficient (Wildman–Crippen LogP) is 2.18. The van der Waals surface area contributed by atoms with Crippen molar-refractivity contribution in [1.82, 2.24) is 5.32 Å². The monoisotopic (exact) mass is 270 g/mol. The molecular formula is C13H13F3N2O. The number of rotatable bonds is 2. The van der Waals surface area contributed by atoms with E-state index in [4.69, 9.17) is 0 Å². The second kappa shape index (κ2) is 4.52. The van der Waals surface area contributed by atoms with Gasteiger partial charge in [0.15, 0.2) is 17.5 Å². The fraction of sp³-hybridized carbons (Fsp3) is 0.462. The van der Waals surface area contributed by atoms with Crippen molar-refractivity contribution in [2.45, 2.75) is 31.3 Å². The predicted molar refractivity (Wildman–Crippen MR) is 63.0 cm³/mol. The largest absolute Gasteiger partial charge is 0.323 e. The average Bonchev–Trinajstić information content (AvgIpc) is 3.02. The van der Waals surface area contributed by atoms with Crippen molar-refractivity contribution in [3.05, 3.63) is 29.6 Å². The molecule has 6 heteroatoms. The first-order valence-corrected chi connectivity index (χ1v) is 6.26. The Morgan fingerprint density at radius 3 is 2.63 bits per heavy atom. The normalized spacial score (nSPS) is 28.7. The Morgan fingerprint density at radius 2 is 2.00 bits per heavy atom. The first-order valence-electron chi connectivity index (χ1n) is 6.26. The minimum Gasteiger partial charge on any atom is -0.323 e. The summed E-state index contributed by atoms with van der Waals surface area (Å²) in [5.74, 6) is -4.76. The molecule has 0 spiro atoms. The molecule has 3 unspecified atom stereocenters. The topological polar surface area (TPSA) is 41.1 Å². The molecule has 1 amide bonds. The summed E-state index contributed by atoms with van der Waals surface area (Å²) in [7, 11) is 0. The van der Waals surface area contributed by atoms with Crippen molar-refractivity contribution in [3.8, 4) is 0 Å². The van der Waals surface area contributed by atoms with Gasteiger partial charge in [-0.05, 0) is 31.4 Å². The van der Waals surface area contributed by atoms with Gasteiger partial charge in [-0.25, -0.2) is 13.2 Å². The van der Waals surface area contributed by atoms with E-state index in [9.17, 15) is 18.0 Å². The number of hydrogen-bond acceptors (Lipinski definition) is 2. The molecule has 102 valence electrons. The van der Waals surface area contributed by atoms with Gasteiger partial charge in [-0.3, -0.25) is 4.79 Å². The fourth-order valence-electron chi connectivity index (χ4n) is 2.96. The van der Waals surface area contributed by atoms with E-state index in [2.05, 4.69) is 10.6 Å². The lowest BCUT2D eigenvalue weighted by Crippen LogP contribution is -2.33. The highest BCUT2D eigenvalue weighted by Gasteiger charge is 2.42. The number of anilines is 1. The van der Waals surface area contributed by atoms with E-state index in [0.29, 0.717) is 12.5 Å². The van der Waals surface area contributed by atoms with Gasteiger partial charge in [0.05, 0.1) is 11.6 Å². The van der Waals surface area contributed by atoms with Crippen LogP contribution in [0.1, 0.15) is 19.3 Å². The summed E-state index contributed by atoms with van der Waals surface area (Å²) in [5.41, 5.74) is -0.313. The van der Waals surface area contributed by atoms with Crippen molar-refractivity contribution in [3.63, 3.8) is 0 Å². The number of amides is 1. The molecule has 3 atom stereocenters. The van der Waals surface area contributed by atoms with Crippen LogP contribution in [0.15, 0.2) is 12.1 Å². The van der Waals surface area contributed by atoms with Gasteiger partial charge in [0.25, 0.3) is 0 Å². The van der Waals surface area contributed by atoms with Crippen LogP contribution in [0.3, 0.4) is 0 Å². The molecule has 3 rings (SSSR count). The van der Waals surface area contributed by atoms with Crippen LogP contribution in [0.4, 0.5) is 18.9 Å². The molecule has 2 aliphatic rings. The van der Waals surface area contributed by atoms with Crippen LogP contribution in [0.5, 0.6) is 0 Å². The maximum absolute atomic E-state index is 13.5. The minimum absolute atomic E-state index is 0.110. The van der Waals surface area contributed by atoms with E-state index >= 15 is 0 Å². The Morgan fingerprint density at radius 1 is 1.21 bits per heavy atom. The van der Waals surface area contributed by atoms with Crippen molar-refractivity contribution in [2.24, 2.45) is 5.92 Å². The van der Waals surface area contributed by atoms with E-state index in [1.54, 1.807) is 0 Å². The molecule has 0 saturated carbocycles. The summed E-state index contributed by atoms with van der Waals surface area (Å²) < 4.78 is 39.3. The molecule has 2 heterocycles. The number of fused-ring (bicyclic) bond motifs is 2. The van der Waals surface area contributed by atoms with Crippen LogP contribution >= 0.6 is 0 Å². The molecule has 19 heavy (non-hydrogen) atoms. The van der Waals surface area contributed by atoms with Crippen molar-refractivity contribution < 1.29 is 18.0 Å². The SMILES string of the molecule is O=C(Nc1ccc(F)c(F)c1F)C1CC2CCC1N2. The van der Waals surface area contributed by atoms with Gasteiger partial charge in [0.2, 0.25) is 5.91 Å². The average molecular weight is 270 g/mol.